The Morgan fingerprint density at radius 1 is 0.500 bits per heavy atom. The standard InChI is InChI=1S/C14H31NO5.3C2H6/c1-15-5-8-19-13-11-17-6-3-4-7-18-12-14-20-10-9-16-2;3*1-2/h15H,3-14H2,1-2H3;3*1-2H3. The van der Waals surface area contributed by atoms with E-state index in [0.29, 0.717) is 39.6 Å². The van der Waals surface area contributed by atoms with Crippen LogP contribution in [0, 0.1) is 0 Å². The average Bonchev–Trinajstić information content (AvgIpc) is 2.72. The summed E-state index contributed by atoms with van der Waals surface area (Å²) >= 11 is 0. The zero-order valence-corrected chi connectivity index (χ0v) is 19.0. The van der Waals surface area contributed by atoms with E-state index in [1.807, 2.05) is 48.6 Å². The molecule has 0 aromatic carbocycles. The summed E-state index contributed by atoms with van der Waals surface area (Å²) in [6, 6.07) is 0. The summed E-state index contributed by atoms with van der Waals surface area (Å²) in [4.78, 5) is 0. The highest BCUT2D eigenvalue weighted by Crippen LogP contribution is 1.92. The normalized spacial score (nSPS) is 9.23. The highest BCUT2D eigenvalue weighted by molar-refractivity contribution is 4.40. The molecule has 0 saturated heterocycles. The maximum atomic E-state index is 5.45. The number of rotatable bonds is 17. The van der Waals surface area contributed by atoms with Gasteiger partial charge < -0.3 is 29.0 Å². The van der Waals surface area contributed by atoms with Crippen LogP contribution in [0.25, 0.3) is 0 Å². The van der Waals surface area contributed by atoms with Crippen LogP contribution in [-0.2, 0) is 23.7 Å². The molecule has 1 N–H and O–H groups in total. The summed E-state index contributed by atoms with van der Waals surface area (Å²) in [5, 5.41) is 3.02. The van der Waals surface area contributed by atoms with Crippen LogP contribution in [-0.4, -0.2) is 80.2 Å². The summed E-state index contributed by atoms with van der Waals surface area (Å²) in [5.41, 5.74) is 0. The number of likely N-dealkylation sites (N-methyl/N-ethyl adjacent to an activating group) is 1. The SMILES string of the molecule is CC.CC.CC.CNCCOCCOCCCCOCCOCCOC. The molecule has 0 aliphatic heterocycles. The maximum absolute atomic E-state index is 5.45. The fraction of sp³-hybridized carbons (Fsp3) is 1.00. The van der Waals surface area contributed by atoms with Crippen LogP contribution < -0.4 is 5.32 Å². The van der Waals surface area contributed by atoms with E-state index in [0.717, 1.165) is 39.2 Å². The molecule has 0 bridgehead atoms. The predicted molar refractivity (Wildman–Crippen MR) is 112 cm³/mol. The molecule has 6 nitrogen and oxygen atoms in total. The van der Waals surface area contributed by atoms with Gasteiger partial charge in [0.2, 0.25) is 0 Å². The van der Waals surface area contributed by atoms with Gasteiger partial charge in [-0.15, -0.1) is 0 Å². The third-order valence-corrected chi connectivity index (χ3v) is 2.50. The largest absolute Gasteiger partial charge is 0.382 e. The second-order valence-corrected chi connectivity index (χ2v) is 4.25. The molecule has 0 aromatic heterocycles. The summed E-state index contributed by atoms with van der Waals surface area (Å²) < 4.78 is 26.4. The first-order chi connectivity index (χ1) is 12.9. The minimum absolute atomic E-state index is 0.629. The van der Waals surface area contributed by atoms with Crippen LogP contribution in [0.4, 0.5) is 0 Å². The highest BCUT2D eigenvalue weighted by atomic mass is 16.5. The number of ether oxygens (including phenoxy) is 5. The van der Waals surface area contributed by atoms with Crippen molar-refractivity contribution in [1.29, 1.82) is 0 Å². The molecule has 164 valence electrons. The van der Waals surface area contributed by atoms with Crippen molar-refractivity contribution in [2.45, 2.75) is 54.4 Å². The molecule has 0 rings (SSSR count). The van der Waals surface area contributed by atoms with E-state index < -0.39 is 0 Å². The quantitative estimate of drug-likeness (QED) is 0.386. The third kappa shape index (κ3) is 43.8. The minimum atomic E-state index is 0.629. The molecular weight excluding hydrogens is 334 g/mol. The fourth-order valence-corrected chi connectivity index (χ4v) is 1.37. The predicted octanol–water partition coefficient (Wildman–Crippen LogP) is 3.78. The molecule has 26 heavy (non-hydrogen) atoms. The van der Waals surface area contributed by atoms with Crippen LogP contribution in [0.5, 0.6) is 0 Å². The number of hydrogen-bond donors (Lipinski definition) is 1. The summed E-state index contributed by atoms with van der Waals surface area (Å²) in [7, 11) is 3.57. The molecule has 0 spiro atoms. The van der Waals surface area contributed by atoms with Crippen molar-refractivity contribution < 1.29 is 23.7 Å². The van der Waals surface area contributed by atoms with Crippen molar-refractivity contribution in [3.05, 3.63) is 0 Å². The van der Waals surface area contributed by atoms with Crippen LogP contribution in [0.2, 0.25) is 0 Å². The molecule has 0 radical (unpaired) electrons. The zero-order valence-electron chi connectivity index (χ0n) is 19.0. The van der Waals surface area contributed by atoms with E-state index in [-0.39, 0.29) is 0 Å². The van der Waals surface area contributed by atoms with Gasteiger partial charge in [-0.25, -0.2) is 0 Å². The third-order valence-electron chi connectivity index (χ3n) is 2.50. The van der Waals surface area contributed by atoms with E-state index in [1.165, 1.54) is 0 Å². The van der Waals surface area contributed by atoms with Crippen molar-refractivity contribution in [1.82, 2.24) is 5.32 Å². The summed E-state index contributed by atoms with van der Waals surface area (Å²) in [5.74, 6) is 0. The van der Waals surface area contributed by atoms with E-state index in [1.54, 1.807) is 7.11 Å². The van der Waals surface area contributed by atoms with Crippen LogP contribution in [0.15, 0.2) is 0 Å². The van der Waals surface area contributed by atoms with Gasteiger partial charge in [-0.3, -0.25) is 0 Å². The lowest BCUT2D eigenvalue weighted by molar-refractivity contribution is 0.0202. The monoisotopic (exact) mass is 383 g/mol. The summed E-state index contributed by atoms with van der Waals surface area (Å²) in [6.07, 6.45) is 2.03. The molecule has 0 aliphatic rings. The number of unbranched alkanes of at least 4 members (excludes halogenated alkanes) is 1. The van der Waals surface area contributed by atoms with Gasteiger partial charge in [-0.1, -0.05) is 41.5 Å². The molecular formula is C20H49NO5. The molecule has 0 aliphatic carbocycles. The van der Waals surface area contributed by atoms with Gasteiger partial charge in [0.1, 0.15) is 0 Å². The van der Waals surface area contributed by atoms with E-state index >= 15 is 0 Å². The lowest BCUT2D eigenvalue weighted by atomic mass is 10.3. The van der Waals surface area contributed by atoms with Gasteiger partial charge in [-0.2, -0.15) is 0 Å². The van der Waals surface area contributed by atoms with Crippen molar-refractivity contribution >= 4 is 0 Å². The Labute approximate surface area is 164 Å². The van der Waals surface area contributed by atoms with Crippen LogP contribution >= 0.6 is 0 Å². The molecule has 0 unspecified atom stereocenters. The van der Waals surface area contributed by atoms with E-state index in [2.05, 4.69) is 5.32 Å². The van der Waals surface area contributed by atoms with Crippen LogP contribution in [0.3, 0.4) is 0 Å². The minimum Gasteiger partial charge on any atom is -0.382 e. The smallest absolute Gasteiger partial charge is 0.0701 e. The Hall–Kier alpha value is -0.240. The van der Waals surface area contributed by atoms with Gasteiger partial charge in [0.05, 0.1) is 46.2 Å². The molecule has 6 heteroatoms. The first-order valence-corrected chi connectivity index (χ1v) is 10.4. The lowest BCUT2D eigenvalue weighted by Crippen LogP contribution is -2.16. The Balaban J connectivity index is -0.000000362. The average molecular weight is 384 g/mol. The second-order valence-electron chi connectivity index (χ2n) is 4.25. The topological polar surface area (TPSA) is 58.2 Å². The molecule has 0 amide bonds. The Bertz CT molecular complexity index is 156. The van der Waals surface area contributed by atoms with Crippen LogP contribution in [0.1, 0.15) is 54.4 Å². The number of hydrogen-bond acceptors (Lipinski definition) is 6. The Morgan fingerprint density at radius 3 is 1.23 bits per heavy atom. The Morgan fingerprint density at radius 2 is 0.846 bits per heavy atom. The first kappa shape index (κ1) is 33.4. The summed E-state index contributed by atoms with van der Waals surface area (Å²) in [6.45, 7) is 19.0. The van der Waals surface area contributed by atoms with Crippen molar-refractivity contribution in [2.24, 2.45) is 0 Å². The molecule has 0 fully saturated rings. The fourth-order valence-electron chi connectivity index (χ4n) is 1.37. The zero-order chi connectivity index (χ0) is 20.7. The first-order valence-electron chi connectivity index (χ1n) is 10.4. The molecule has 0 saturated carbocycles. The highest BCUT2D eigenvalue weighted by Gasteiger charge is 1.93. The van der Waals surface area contributed by atoms with Crippen molar-refractivity contribution in [3.63, 3.8) is 0 Å². The van der Waals surface area contributed by atoms with E-state index in [9.17, 15) is 0 Å². The van der Waals surface area contributed by atoms with Crippen molar-refractivity contribution in [2.75, 3.05) is 80.2 Å². The number of nitrogens with one attached hydrogen (secondary N) is 1. The van der Waals surface area contributed by atoms with Crippen molar-refractivity contribution in [3.8, 4) is 0 Å². The van der Waals surface area contributed by atoms with Gasteiger partial charge in [-0.05, 0) is 19.9 Å². The van der Waals surface area contributed by atoms with Gasteiger partial charge in [0, 0.05) is 26.9 Å². The Kier molecular flexibility index (Phi) is 56.8. The number of methoxy groups -OCH3 is 1. The molecule has 0 aromatic rings. The van der Waals surface area contributed by atoms with Gasteiger partial charge >= 0.3 is 0 Å². The van der Waals surface area contributed by atoms with E-state index in [4.69, 9.17) is 23.7 Å². The molecule has 0 atom stereocenters. The van der Waals surface area contributed by atoms with Gasteiger partial charge in [0.15, 0.2) is 0 Å². The second kappa shape index (κ2) is 44.3. The maximum Gasteiger partial charge on any atom is 0.0701 e. The lowest BCUT2D eigenvalue weighted by Gasteiger charge is -2.07. The molecule has 0 heterocycles. The van der Waals surface area contributed by atoms with Gasteiger partial charge in [0.25, 0.3) is 0 Å².